The zero-order chi connectivity index (χ0) is 14.2. The van der Waals surface area contributed by atoms with E-state index in [1.165, 1.54) is 18.2 Å². The SMILES string of the molecule is CC1CS(=O)(=O)CCN1C(C)c1cc(F)ccc1O. The van der Waals surface area contributed by atoms with Gasteiger partial charge in [-0.1, -0.05) is 0 Å². The van der Waals surface area contributed by atoms with Gasteiger partial charge in [-0.05, 0) is 32.0 Å². The summed E-state index contributed by atoms with van der Waals surface area (Å²) in [6.45, 7) is 4.09. The first-order valence-electron chi connectivity index (χ1n) is 6.25. The lowest BCUT2D eigenvalue weighted by Crippen LogP contribution is -2.47. The molecule has 1 saturated heterocycles. The van der Waals surface area contributed by atoms with E-state index in [0.717, 1.165) is 0 Å². The first-order chi connectivity index (χ1) is 8.80. The molecule has 1 fully saturated rings. The molecule has 0 spiro atoms. The van der Waals surface area contributed by atoms with Gasteiger partial charge in [0.15, 0.2) is 9.84 Å². The number of hydrogen-bond donors (Lipinski definition) is 1. The highest BCUT2D eigenvalue weighted by molar-refractivity contribution is 7.91. The Morgan fingerprint density at radius 2 is 2.16 bits per heavy atom. The molecule has 0 radical (unpaired) electrons. The highest BCUT2D eigenvalue weighted by Gasteiger charge is 2.32. The van der Waals surface area contributed by atoms with Gasteiger partial charge in [-0.2, -0.15) is 0 Å². The number of benzene rings is 1. The van der Waals surface area contributed by atoms with Crippen LogP contribution in [-0.2, 0) is 9.84 Å². The summed E-state index contributed by atoms with van der Waals surface area (Å²) in [6.07, 6.45) is 0. The van der Waals surface area contributed by atoms with Gasteiger partial charge in [0.2, 0.25) is 0 Å². The fourth-order valence-electron chi connectivity index (χ4n) is 2.63. The van der Waals surface area contributed by atoms with Crippen molar-refractivity contribution in [1.29, 1.82) is 0 Å². The number of halogens is 1. The Labute approximate surface area is 112 Å². The molecule has 2 rings (SSSR count). The zero-order valence-corrected chi connectivity index (χ0v) is 11.8. The second kappa shape index (κ2) is 5.09. The third-order valence-electron chi connectivity index (χ3n) is 3.66. The van der Waals surface area contributed by atoms with E-state index in [1.807, 2.05) is 18.7 Å². The van der Waals surface area contributed by atoms with Gasteiger partial charge in [0.1, 0.15) is 11.6 Å². The molecule has 0 saturated carbocycles. The third kappa shape index (κ3) is 3.06. The number of aromatic hydroxyl groups is 1. The van der Waals surface area contributed by atoms with Crippen LogP contribution in [0.3, 0.4) is 0 Å². The Bertz CT molecular complexity index is 573. The van der Waals surface area contributed by atoms with Crippen LogP contribution in [-0.4, -0.2) is 42.5 Å². The summed E-state index contributed by atoms with van der Waals surface area (Å²) in [5, 5.41) is 9.81. The quantitative estimate of drug-likeness (QED) is 0.899. The topological polar surface area (TPSA) is 57.6 Å². The van der Waals surface area contributed by atoms with Gasteiger partial charge in [0.25, 0.3) is 0 Å². The highest BCUT2D eigenvalue weighted by atomic mass is 32.2. The molecule has 1 N–H and O–H groups in total. The van der Waals surface area contributed by atoms with Gasteiger partial charge in [0, 0.05) is 24.2 Å². The van der Waals surface area contributed by atoms with E-state index in [9.17, 15) is 17.9 Å². The largest absolute Gasteiger partial charge is 0.508 e. The summed E-state index contributed by atoms with van der Waals surface area (Å²) < 4.78 is 36.4. The van der Waals surface area contributed by atoms with Crippen molar-refractivity contribution in [3.63, 3.8) is 0 Å². The van der Waals surface area contributed by atoms with E-state index < -0.39 is 15.7 Å². The minimum absolute atomic E-state index is 0.0366. The average molecular weight is 287 g/mol. The fraction of sp³-hybridized carbons (Fsp3) is 0.538. The first-order valence-corrected chi connectivity index (χ1v) is 8.07. The maximum absolute atomic E-state index is 13.3. The number of phenolic OH excluding ortho intramolecular Hbond substituents is 1. The summed E-state index contributed by atoms with van der Waals surface area (Å²) in [6, 6.07) is 3.47. The van der Waals surface area contributed by atoms with Crippen molar-refractivity contribution in [3.8, 4) is 5.75 Å². The Morgan fingerprint density at radius 1 is 1.47 bits per heavy atom. The molecule has 2 unspecified atom stereocenters. The molecular weight excluding hydrogens is 269 g/mol. The minimum atomic E-state index is -2.98. The monoisotopic (exact) mass is 287 g/mol. The number of hydrogen-bond acceptors (Lipinski definition) is 4. The number of rotatable bonds is 2. The molecule has 19 heavy (non-hydrogen) atoms. The second-order valence-corrected chi connectivity index (χ2v) is 7.31. The van der Waals surface area contributed by atoms with Crippen LogP contribution >= 0.6 is 0 Å². The standard InChI is InChI=1S/C13H18FNO3S/c1-9-8-19(17,18)6-5-15(9)10(2)12-7-11(14)3-4-13(12)16/h3-4,7,9-10,16H,5-6,8H2,1-2H3. The van der Waals surface area contributed by atoms with E-state index >= 15 is 0 Å². The summed E-state index contributed by atoms with van der Waals surface area (Å²) >= 11 is 0. The average Bonchev–Trinajstić information content (AvgIpc) is 2.30. The molecule has 0 amide bonds. The number of sulfone groups is 1. The van der Waals surface area contributed by atoms with Crippen molar-refractivity contribution < 1.29 is 17.9 Å². The lowest BCUT2D eigenvalue weighted by molar-refractivity contribution is 0.167. The summed E-state index contributed by atoms with van der Waals surface area (Å²) in [4.78, 5) is 1.98. The molecule has 0 aliphatic carbocycles. The van der Waals surface area contributed by atoms with Crippen molar-refractivity contribution in [3.05, 3.63) is 29.6 Å². The molecule has 1 heterocycles. The molecule has 1 aliphatic heterocycles. The summed E-state index contributed by atoms with van der Waals surface area (Å²) in [5.74, 6) is -0.156. The summed E-state index contributed by atoms with van der Waals surface area (Å²) in [7, 11) is -2.98. The lowest BCUT2D eigenvalue weighted by atomic mass is 10.0. The van der Waals surface area contributed by atoms with Crippen molar-refractivity contribution in [2.24, 2.45) is 0 Å². The van der Waals surface area contributed by atoms with E-state index in [2.05, 4.69) is 0 Å². The van der Waals surface area contributed by atoms with Crippen LogP contribution in [0.2, 0.25) is 0 Å². The third-order valence-corrected chi connectivity index (χ3v) is 5.45. The zero-order valence-electron chi connectivity index (χ0n) is 11.0. The van der Waals surface area contributed by atoms with Crippen molar-refractivity contribution in [2.75, 3.05) is 18.1 Å². The van der Waals surface area contributed by atoms with Crippen molar-refractivity contribution in [2.45, 2.75) is 25.9 Å². The molecule has 1 aromatic rings. The van der Waals surface area contributed by atoms with Crippen LogP contribution < -0.4 is 0 Å². The van der Waals surface area contributed by atoms with E-state index in [4.69, 9.17) is 0 Å². The van der Waals surface area contributed by atoms with E-state index in [-0.39, 0.29) is 29.3 Å². The Morgan fingerprint density at radius 3 is 2.79 bits per heavy atom. The number of phenols is 1. The van der Waals surface area contributed by atoms with Crippen molar-refractivity contribution in [1.82, 2.24) is 4.90 Å². The second-order valence-electron chi connectivity index (χ2n) is 5.08. The molecule has 1 aromatic carbocycles. The summed E-state index contributed by atoms with van der Waals surface area (Å²) in [5.41, 5.74) is 0.492. The van der Waals surface area contributed by atoms with Crippen LogP contribution in [0.25, 0.3) is 0 Å². The molecule has 0 aromatic heterocycles. The molecule has 0 bridgehead atoms. The highest BCUT2D eigenvalue weighted by Crippen LogP contribution is 2.31. The Hall–Kier alpha value is -1.14. The lowest BCUT2D eigenvalue weighted by Gasteiger charge is -2.38. The van der Waals surface area contributed by atoms with Crippen molar-refractivity contribution >= 4 is 9.84 Å². The van der Waals surface area contributed by atoms with Gasteiger partial charge in [0.05, 0.1) is 11.5 Å². The van der Waals surface area contributed by atoms with Crippen LogP contribution in [0.1, 0.15) is 25.5 Å². The van der Waals surface area contributed by atoms with E-state index in [0.29, 0.717) is 12.1 Å². The predicted molar refractivity (Wildman–Crippen MR) is 71.3 cm³/mol. The van der Waals surface area contributed by atoms with Gasteiger partial charge in [-0.15, -0.1) is 0 Å². The maximum atomic E-state index is 13.3. The maximum Gasteiger partial charge on any atom is 0.153 e. The number of nitrogens with zero attached hydrogens (tertiary/aromatic N) is 1. The van der Waals surface area contributed by atoms with Gasteiger partial charge in [-0.3, -0.25) is 4.90 Å². The molecule has 106 valence electrons. The molecule has 6 heteroatoms. The first kappa shape index (κ1) is 14.3. The Balaban J connectivity index is 2.25. The van der Waals surface area contributed by atoms with Gasteiger partial charge < -0.3 is 5.11 Å². The molecule has 4 nitrogen and oxygen atoms in total. The Kier molecular flexibility index (Phi) is 3.82. The normalized spacial score (nSPS) is 25.1. The van der Waals surface area contributed by atoms with Crippen LogP contribution in [0.4, 0.5) is 4.39 Å². The van der Waals surface area contributed by atoms with Gasteiger partial charge in [-0.25, -0.2) is 12.8 Å². The minimum Gasteiger partial charge on any atom is -0.508 e. The smallest absolute Gasteiger partial charge is 0.153 e. The van der Waals surface area contributed by atoms with E-state index in [1.54, 1.807) is 0 Å². The van der Waals surface area contributed by atoms with Crippen LogP contribution in [0.15, 0.2) is 18.2 Å². The fourth-order valence-corrected chi connectivity index (χ4v) is 4.21. The van der Waals surface area contributed by atoms with Crippen LogP contribution in [0, 0.1) is 5.82 Å². The molecule has 2 atom stereocenters. The van der Waals surface area contributed by atoms with Crippen LogP contribution in [0.5, 0.6) is 5.75 Å². The predicted octanol–water partition coefficient (Wildman–Crippen LogP) is 1.71. The molecule has 1 aliphatic rings. The van der Waals surface area contributed by atoms with Gasteiger partial charge >= 0.3 is 0 Å². The molecular formula is C13H18FNO3S.